The van der Waals surface area contributed by atoms with Gasteiger partial charge in [-0.05, 0) is 17.5 Å². The first-order chi connectivity index (χ1) is 8.31. The maximum Gasteiger partial charge on any atom is 0.239 e. The number of amides is 1. The molecule has 0 atom stereocenters. The maximum atomic E-state index is 11.6. The monoisotopic (exact) mass is 226 g/mol. The molecule has 0 unspecified atom stereocenters. The van der Waals surface area contributed by atoms with Gasteiger partial charge in [-0.1, -0.05) is 18.2 Å². The molecule has 0 saturated carbocycles. The van der Waals surface area contributed by atoms with Crippen molar-refractivity contribution in [1.82, 2.24) is 9.88 Å². The van der Waals surface area contributed by atoms with Crippen molar-refractivity contribution in [2.24, 2.45) is 0 Å². The van der Waals surface area contributed by atoms with Crippen molar-refractivity contribution in [1.29, 1.82) is 0 Å². The lowest BCUT2D eigenvalue weighted by Crippen LogP contribution is -2.27. The van der Waals surface area contributed by atoms with Gasteiger partial charge in [-0.25, -0.2) is 0 Å². The Balaban J connectivity index is 2.04. The summed E-state index contributed by atoms with van der Waals surface area (Å²) >= 11 is 0. The van der Waals surface area contributed by atoms with Gasteiger partial charge in [0.05, 0.1) is 0 Å². The van der Waals surface area contributed by atoms with E-state index in [0.717, 1.165) is 10.9 Å². The molecule has 0 bridgehead atoms. The summed E-state index contributed by atoms with van der Waals surface area (Å²) in [7, 11) is 0. The number of carbonyl (C=O) groups excluding carboxylic acids is 1. The summed E-state index contributed by atoms with van der Waals surface area (Å²) in [5.41, 5.74) is 1.07. The van der Waals surface area contributed by atoms with Crippen LogP contribution in [0.3, 0.4) is 0 Å². The van der Waals surface area contributed by atoms with E-state index < -0.39 is 0 Å². The van der Waals surface area contributed by atoms with Gasteiger partial charge in [-0.15, -0.1) is 12.3 Å². The third kappa shape index (κ3) is 2.67. The summed E-state index contributed by atoms with van der Waals surface area (Å²) < 4.78 is 1.93. The highest BCUT2D eigenvalue weighted by atomic mass is 16.1. The fraction of sp³-hybridized carbons (Fsp3) is 0.214. The minimum atomic E-state index is -0.0124. The number of terminal acetylenes is 1. The molecular formula is C14H14N2O. The number of para-hydroxylation sites is 1. The quantitative estimate of drug-likeness (QED) is 0.626. The Bertz CT molecular complexity index is 563. The molecule has 2 rings (SSSR count). The summed E-state index contributed by atoms with van der Waals surface area (Å²) in [5, 5.41) is 3.93. The SMILES string of the molecule is C#CCCNC(=O)Cn1ccc2ccccc21. The molecule has 1 aromatic heterocycles. The zero-order valence-electron chi connectivity index (χ0n) is 9.52. The number of benzene rings is 1. The number of aromatic nitrogens is 1. The van der Waals surface area contributed by atoms with Gasteiger partial charge in [0, 0.05) is 24.7 Å². The molecule has 0 fully saturated rings. The predicted molar refractivity (Wildman–Crippen MR) is 68.4 cm³/mol. The lowest BCUT2D eigenvalue weighted by atomic mass is 10.2. The molecule has 0 aliphatic heterocycles. The van der Waals surface area contributed by atoms with Crippen LogP contribution in [0.1, 0.15) is 6.42 Å². The summed E-state index contributed by atoms with van der Waals surface area (Å²) in [6.45, 7) is 0.868. The van der Waals surface area contributed by atoms with Crippen LogP contribution in [0.4, 0.5) is 0 Å². The van der Waals surface area contributed by atoms with Crippen LogP contribution in [0, 0.1) is 12.3 Å². The normalized spacial score (nSPS) is 10.1. The van der Waals surface area contributed by atoms with Crippen LogP contribution in [0.5, 0.6) is 0 Å². The molecule has 1 N–H and O–H groups in total. The average Bonchev–Trinajstić information content (AvgIpc) is 2.73. The van der Waals surface area contributed by atoms with Gasteiger partial charge in [0.25, 0.3) is 0 Å². The predicted octanol–water partition coefficient (Wildman–Crippen LogP) is 1.78. The maximum absolute atomic E-state index is 11.6. The number of nitrogens with zero attached hydrogens (tertiary/aromatic N) is 1. The Kier molecular flexibility index (Phi) is 3.46. The van der Waals surface area contributed by atoms with Crippen LogP contribution in [-0.2, 0) is 11.3 Å². The molecule has 17 heavy (non-hydrogen) atoms. The van der Waals surface area contributed by atoms with Gasteiger partial charge < -0.3 is 9.88 Å². The third-order valence-corrected chi connectivity index (χ3v) is 2.59. The van der Waals surface area contributed by atoms with E-state index >= 15 is 0 Å². The van der Waals surface area contributed by atoms with Gasteiger partial charge in [0.15, 0.2) is 0 Å². The van der Waals surface area contributed by atoms with Crippen LogP contribution in [0.25, 0.3) is 10.9 Å². The summed E-state index contributed by atoms with van der Waals surface area (Å²) in [6, 6.07) is 9.99. The Labute approximate surface area is 100 Å². The Hall–Kier alpha value is -2.21. The smallest absolute Gasteiger partial charge is 0.239 e. The lowest BCUT2D eigenvalue weighted by molar-refractivity contribution is -0.121. The van der Waals surface area contributed by atoms with Crippen molar-refractivity contribution in [3.63, 3.8) is 0 Å². The number of hydrogen-bond acceptors (Lipinski definition) is 1. The zero-order valence-corrected chi connectivity index (χ0v) is 9.52. The molecule has 3 nitrogen and oxygen atoms in total. The van der Waals surface area contributed by atoms with Gasteiger partial charge in [0.1, 0.15) is 6.54 Å². The van der Waals surface area contributed by atoms with E-state index in [4.69, 9.17) is 6.42 Å². The van der Waals surface area contributed by atoms with Gasteiger partial charge in [-0.2, -0.15) is 0 Å². The molecule has 0 aliphatic rings. The van der Waals surface area contributed by atoms with E-state index in [0.29, 0.717) is 19.5 Å². The second-order valence-corrected chi connectivity index (χ2v) is 3.81. The van der Waals surface area contributed by atoms with Crippen molar-refractivity contribution in [2.45, 2.75) is 13.0 Å². The largest absolute Gasteiger partial charge is 0.354 e. The van der Waals surface area contributed by atoms with Crippen molar-refractivity contribution in [2.75, 3.05) is 6.54 Å². The molecule has 0 aliphatic carbocycles. The Morgan fingerprint density at radius 1 is 1.35 bits per heavy atom. The summed E-state index contributed by atoms with van der Waals surface area (Å²) in [4.78, 5) is 11.6. The van der Waals surface area contributed by atoms with Crippen LogP contribution < -0.4 is 5.32 Å². The standard InChI is InChI=1S/C14H14N2O/c1-2-3-9-15-14(17)11-16-10-8-12-6-4-5-7-13(12)16/h1,4-8,10H,3,9,11H2,(H,15,17). The second kappa shape index (κ2) is 5.22. The molecular weight excluding hydrogens is 212 g/mol. The fourth-order valence-electron chi connectivity index (χ4n) is 1.76. The number of carbonyl (C=O) groups is 1. The highest BCUT2D eigenvalue weighted by Gasteiger charge is 2.04. The van der Waals surface area contributed by atoms with Crippen molar-refractivity contribution < 1.29 is 4.79 Å². The number of hydrogen-bond donors (Lipinski definition) is 1. The van der Waals surface area contributed by atoms with E-state index in [-0.39, 0.29) is 5.91 Å². The molecule has 0 saturated heterocycles. The second-order valence-electron chi connectivity index (χ2n) is 3.81. The van der Waals surface area contributed by atoms with Crippen molar-refractivity contribution >= 4 is 16.8 Å². The number of rotatable bonds is 4. The van der Waals surface area contributed by atoms with Crippen LogP contribution in [0.2, 0.25) is 0 Å². The highest BCUT2D eigenvalue weighted by molar-refractivity contribution is 5.83. The van der Waals surface area contributed by atoms with Crippen molar-refractivity contribution in [3.8, 4) is 12.3 Å². The first-order valence-electron chi connectivity index (χ1n) is 5.55. The van der Waals surface area contributed by atoms with E-state index in [1.165, 1.54) is 0 Å². The molecule has 86 valence electrons. The first-order valence-corrected chi connectivity index (χ1v) is 5.55. The Morgan fingerprint density at radius 2 is 2.18 bits per heavy atom. The molecule has 0 spiro atoms. The van der Waals surface area contributed by atoms with Crippen LogP contribution in [0.15, 0.2) is 36.5 Å². The van der Waals surface area contributed by atoms with Gasteiger partial charge in [-0.3, -0.25) is 4.79 Å². The lowest BCUT2D eigenvalue weighted by Gasteiger charge is -2.05. The third-order valence-electron chi connectivity index (χ3n) is 2.59. The van der Waals surface area contributed by atoms with Gasteiger partial charge in [0.2, 0.25) is 5.91 Å². The molecule has 0 radical (unpaired) electrons. The number of nitrogens with one attached hydrogen (secondary N) is 1. The Morgan fingerprint density at radius 3 is 3.00 bits per heavy atom. The molecule has 1 heterocycles. The first kappa shape index (κ1) is 11.3. The highest BCUT2D eigenvalue weighted by Crippen LogP contribution is 2.14. The minimum Gasteiger partial charge on any atom is -0.354 e. The van der Waals surface area contributed by atoms with Crippen LogP contribution in [-0.4, -0.2) is 17.0 Å². The van der Waals surface area contributed by atoms with E-state index in [2.05, 4.69) is 11.2 Å². The molecule has 1 amide bonds. The molecule has 2 aromatic rings. The van der Waals surface area contributed by atoms with E-state index in [9.17, 15) is 4.79 Å². The van der Waals surface area contributed by atoms with Gasteiger partial charge >= 0.3 is 0 Å². The van der Waals surface area contributed by atoms with E-state index in [1.807, 2.05) is 41.1 Å². The zero-order chi connectivity index (χ0) is 12.1. The minimum absolute atomic E-state index is 0.0124. The van der Waals surface area contributed by atoms with Crippen molar-refractivity contribution in [3.05, 3.63) is 36.5 Å². The van der Waals surface area contributed by atoms with E-state index in [1.54, 1.807) is 0 Å². The molecule has 3 heteroatoms. The average molecular weight is 226 g/mol. The molecule has 1 aromatic carbocycles. The summed E-state index contributed by atoms with van der Waals surface area (Å²) in [6.07, 6.45) is 7.61. The summed E-state index contributed by atoms with van der Waals surface area (Å²) in [5.74, 6) is 2.48. The topological polar surface area (TPSA) is 34.0 Å². The van der Waals surface area contributed by atoms with Crippen LogP contribution >= 0.6 is 0 Å². The fourth-order valence-corrected chi connectivity index (χ4v) is 1.76. The number of fused-ring (bicyclic) bond motifs is 1.